The SMILES string of the molecule is CCC(=O)Nc1cccc(Cl)c1COc1ccc(CC)cc1C(F)(F)F. The molecule has 7 heteroatoms. The van der Waals surface area contributed by atoms with Crippen LogP contribution in [0.25, 0.3) is 0 Å². The van der Waals surface area contributed by atoms with Gasteiger partial charge in [0.15, 0.2) is 0 Å². The van der Waals surface area contributed by atoms with Crippen LogP contribution in [-0.4, -0.2) is 5.91 Å². The standard InChI is InChI=1S/C19H19ClF3NO2/c1-3-12-8-9-17(14(10-12)19(21,22)23)26-11-13-15(20)6-5-7-16(13)24-18(25)4-2/h5-10H,3-4,11H2,1-2H3,(H,24,25). The van der Waals surface area contributed by atoms with Crippen LogP contribution in [0.3, 0.4) is 0 Å². The third kappa shape index (κ3) is 4.91. The maximum atomic E-state index is 13.3. The van der Waals surface area contributed by atoms with Crippen molar-refractivity contribution < 1.29 is 22.7 Å². The van der Waals surface area contributed by atoms with Gasteiger partial charge in [0.05, 0.1) is 5.56 Å². The number of aryl methyl sites for hydroxylation is 1. The van der Waals surface area contributed by atoms with Gasteiger partial charge in [-0.15, -0.1) is 0 Å². The number of ether oxygens (including phenoxy) is 1. The number of anilines is 1. The van der Waals surface area contributed by atoms with E-state index in [1.165, 1.54) is 6.07 Å². The topological polar surface area (TPSA) is 38.3 Å². The first-order valence-corrected chi connectivity index (χ1v) is 8.54. The van der Waals surface area contributed by atoms with E-state index >= 15 is 0 Å². The molecular weight excluding hydrogens is 367 g/mol. The first-order chi connectivity index (χ1) is 12.3. The summed E-state index contributed by atoms with van der Waals surface area (Å²) in [6.07, 6.45) is -3.77. The first-order valence-electron chi connectivity index (χ1n) is 8.16. The van der Waals surface area contributed by atoms with Gasteiger partial charge in [-0.25, -0.2) is 0 Å². The Morgan fingerprint density at radius 1 is 1.19 bits per heavy atom. The summed E-state index contributed by atoms with van der Waals surface area (Å²) in [7, 11) is 0. The summed E-state index contributed by atoms with van der Waals surface area (Å²) in [4.78, 5) is 11.6. The number of hydrogen-bond acceptors (Lipinski definition) is 2. The quantitative estimate of drug-likeness (QED) is 0.677. The van der Waals surface area contributed by atoms with E-state index in [0.717, 1.165) is 6.07 Å². The Morgan fingerprint density at radius 3 is 2.54 bits per heavy atom. The molecule has 0 aliphatic rings. The van der Waals surface area contributed by atoms with Crippen molar-refractivity contribution in [2.24, 2.45) is 0 Å². The Morgan fingerprint density at radius 2 is 1.92 bits per heavy atom. The van der Waals surface area contributed by atoms with Gasteiger partial charge < -0.3 is 10.1 Å². The van der Waals surface area contributed by atoms with E-state index in [1.807, 2.05) is 0 Å². The third-order valence-electron chi connectivity index (χ3n) is 3.84. The van der Waals surface area contributed by atoms with Gasteiger partial charge in [-0.1, -0.05) is 37.6 Å². The maximum Gasteiger partial charge on any atom is 0.419 e. The van der Waals surface area contributed by atoms with Crippen LogP contribution in [0, 0.1) is 0 Å². The molecule has 0 spiro atoms. The van der Waals surface area contributed by atoms with Gasteiger partial charge in [0.2, 0.25) is 5.91 Å². The molecule has 0 unspecified atom stereocenters. The van der Waals surface area contributed by atoms with Gasteiger partial charge in [0.1, 0.15) is 12.4 Å². The van der Waals surface area contributed by atoms with Gasteiger partial charge in [0.25, 0.3) is 0 Å². The number of amides is 1. The number of carbonyl (C=O) groups is 1. The number of halogens is 4. The van der Waals surface area contributed by atoms with Crippen LogP contribution in [-0.2, 0) is 24.0 Å². The molecule has 2 aromatic carbocycles. The molecule has 0 saturated heterocycles. The van der Waals surface area contributed by atoms with Crippen molar-refractivity contribution in [1.29, 1.82) is 0 Å². The normalized spacial score (nSPS) is 11.3. The summed E-state index contributed by atoms with van der Waals surface area (Å²) < 4.78 is 45.3. The number of alkyl halides is 3. The van der Waals surface area contributed by atoms with E-state index in [2.05, 4.69) is 5.32 Å². The van der Waals surface area contributed by atoms with E-state index in [9.17, 15) is 18.0 Å². The number of rotatable bonds is 6. The van der Waals surface area contributed by atoms with Gasteiger partial charge in [-0.3, -0.25) is 4.79 Å². The Bertz CT molecular complexity index is 791. The Balaban J connectivity index is 2.31. The number of hydrogen-bond donors (Lipinski definition) is 1. The third-order valence-corrected chi connectivity index (χ3v) is 4.20. The minimum atomic E-state index is -4.53. The molecule has 1 N–H and O–H groups in total. The molecule has 140 valence electrons. The van der Waals surface area contributed by atoms with Crippen molar-refractivity contribution in [2.75, 3.05) is 5.32 Å². The molecule has 3 nitrogen and oxygen atoms in total. The average Bonchev–Trinajstić information content (AvgIpc) is 2.60. The first kappa shape index (κ1) is 20.1. The lowest BCUT2D eigenvalue weighted by atomic mass is 10.1. The number of benzene rings is 2. The Labute approximate surface area is 155 Å². The summed E-state index contributed by atoms with van der Waals surface area (Å²) in [5.41, 5.74) is 0.577. The van der Waals surface area contributed by atoms with Crippen LogP contribution in [0.5, 0.6) is 5.75 Å². The van der Waals surface area contributed by atoms with Gasteiger partial charge in [-0.2, -0.15) is 13.2 Å². The highest BCUT2D eigenvalue weighted by atomic mass is 35.5. The lowest BCUT2D eigenvalue weighted by Crippen LogP contribution is -2.13. The zero-order valence-electron chi connectivity index (χ0n) is 14.4. The predicted molar refractivity (Wildman–Crippen MR) is 95.5 cm³/mol. The van der Waals surface area contributed by atoms with Crippen LogP contribution in [0.1, 0.15) is 37.0 Å². The molecule has 0 heterocycles. The second-order valence-electron chi connectivity index (χ2n) is 5.64. The molecule has 0 aliphatic heterocycles. The second-order valence-corrected chi connectivity index (χ2v) is 6.05. The molecule has 0 radical (unpaired) electrons. The van der Waals surface area contributed by atoms with Crippen molar-refractivity contribution in [3.05, 3.63) is 58.1 Å². The number of carbonyl (C=O) groups excluding carboxylic acids is 1. The fraction of sp³-hybridized carbons (Fsp3) is 0.316. The maximum absolute atomic E-state index is 13.3. The second kappa shape index (κ2) is 8.45. The van der Waals surface area contributed by atoms with E-state index < -0.39 is 11.7 Å². The molecule has 0 aliphatic carbocycles. The van der Waals surface area contributed by atoms with Gasteiger partial charge in [-0.05, 0) is 36.2 Å². The largest absolute Gasteiger partial charge is 0.488 e. The predicted octanol–water partition coefficient (Wildman–Crippen LogP) is 5.85. The molecule has 1 amide bonds. The monoisotopic (exact) mass is 385 g/mol. The summed E-state index contributed by atoms with van der Waals surface area (Å²) in [5.74, 6) is -0.501. The van der Waals surface area contributed by atoms with Gasteiger partial charge >= 0.3 is 6.18 Å². The van der Waals surface area contributed by atoms with Crippen molar-refractivity contribution in [2.45, 2.75) is 39.5 Å². The van der Waals surface area contributed by atoms with Crippen LogP contribution in [0.2, 0.25) is 5.02 Å². The molecule has 0 atom stereocenters. The van der Waals surface area contributed by atoms with Crippen LogP contribution in [0.15, 0.2) is 36.4 Å². The van der Waals surface area contributed by atoms with Crippen LogP contribution < -0.4 is 10.1 Å². The molecule has 0 bridgehead atoms. The summed E-state index contributed by atoms with van der Waals surface area (Å²) in [6, 6.07) is 8.85. The van der Waals surface area contributed by atoms with E-state index in [4.69, 9.17) is 16.3 Å². The summed E-state index contributed by atoms with van der Waals surface area (Å²) in [6.45, 7) is 3.27. The zero-order valence-corrected chi connectivity index (χ0v) is 15.2. The fourth-order valence-corrected chi connectivity index (χ4v) is 2.58. The van der Waals surface area contributed by atoms with E-state index in [1.54, 1.807) is 38.1 Å². The lowest BCUT2D eigenvalue weighted by Gasteiger charge is -2.17. The molecular formula is C19H19ClF3NO2. The smallest absolute Gasteiger partial charge is 0.419 e. The zero-order chi connectivity index (χ0) is 19.3. The fourth-order valence-electron chi connectivity index (χ4n) is 2.36. The molecule has 2 aromatic rings. The summed E-state index contributed by atoms with van der Waals surface area (Å²) >= 11 is 6.15. The van der Waals surface area contributed by atoms with Crippen molar-refractivity contribution in [1.82, 2.24) is 0 Å². The highest BCUT2D eigenvalue weighted by molar-refractivity contribution is 6.31. The van der Waals surface area contributed by atoms with Crippen molar-refractivity contribution in [3.63, 3.8) is 0 Å². The average molecular weight is 386 g/mol. The molecule has 26 heavy (non-hydrogen) atoms. The van der Waals surface area contributed by atoms with E-state index in [0.29, 0.717) is 28.3 Å². The van der Waals surface area contributed by atoms with Crippen molar-refractivity contribution >= 4 is 23.2 Å². The molecule has 0 saturated carbocycles. The molecule has 0 fully saturated rings. The van der Waals surface area contributed by atoms with Crippen LogP contribution in [0.4, 0.5) is 18.9 Å². The highest BCUT2D eigenvalue weighted by Crippen LogP contribution is 2.38. The van der Waals surface area contributed by atoms with E-state index in [-0.39, 0.29) is 24.7 Å². The Kier molecular flexibility index (Phi) is 6.53. The van der Waals surface area contributed by atoms with Crippen molar-refractivity contribution in [3.8, 4) is 5.75 Å². The molecule has 0 aromatic heterocycles. The minimum Gasteiger partial charge on any atom is -0.488 e. The lowest BCUT2D eigenvalue weighted by molar-refractivity contribution is -0.139. The Hall–Kier alpha value is -2.21. The highest BCUT2D eigenvalue weighted by Gasteiger charge is 2.34. The minimum absolute atomic E-state index is 0.201. The van der Waals surface area contributed by atoms with Gasteiger partial charge in [0, 0.05) is 22.7 Å². The summed E-state index contributed by atoms with van der Waals surface area (Å²) in [5, 5.41) is 2.98. The number of nitrogens with one attached hydrogen (secondary N) is 1. The van der Waals surface area contributed by atoms with Crippen LogP contribution >= 0.6 is 11.6 Å². The molecule has 2 rings (SSSR count).